The number of ether oxygens (including phenoxy) is 2. The third-order valence-corrected chi connectivity index (χ3v) is 6.05. The second-order valence-corrected chi connectivity index (χ2v) is 7.67. The monoisotopic (exact) mass is 415 g/mol. The molecule has 8 nitrogen and oxygen atoms in total. The highest BCUT2D eigenvalue weighted by atomic mass is 32.1. The average Bonchev–Trinajstić information content (AvgIpc) is 3.44. The number of amides is 1. The largest absolute Gasteiger partial charge is 0.497 e. The number of benzene rings is 1. The van der Waals surface area contributed by atoms with Gasteiger partial charge in [0.25, 0.3) is 0 Å². The molecular weight excluding hydrogens is 394 g/mol. The Morgan fingerprint density at radius 3 is 2.86 bits per heavy atom. The minimum Gasteiger partial charge on any atom is -0.497 e. The summed E-state index contributed by atoms with van der Waals surface area (Å²) in [5.41, 5.74) is 2.29. The van der Waals surface area contributed by atoms with Crippen LogP contribution in [0.2, 0.25) is 0 Å². The number of carbonyl (C=O) groups excluding carboxylic acids is 1. The van der Waals surface area contributed by atoms with E-state index in [2.05, 4.69) is 4.98 Å². The average molecular weight is 415 g/mol. The molecule has 1 amide bonds. The van der Waals surface area contributed by atoms with Gasteiger partial charge >= 0.3 is 5.97 Å². The zero-order valence-corrected chi connectivity index (χ0v) is 16.9. The number of hydrogen-bond acceptors (Lipinski definition) is 6. The molecule has 29 heavy (non-hydrogen) atoms. The summed E-state index contributed by atoms with van der Waals surface area (Å²) in [7, 11) is 3.20. The van der Waals surface area contributed by atoms with Crippen LogP contribution in [-0.2, 0) is 16.0 Å². The lowest BCUT2D eigenvalue weighted by Gasteiger charge is -2.21. The second-order valence-electron chi connectivity index (χ2n) is 6.83. The molecule has 0 saturated carbocycles. The van der Waals surface area contributed by atoms with Gasteiger partial charge in [0.15, 0.2) is 4.96 Å². The van der Waals surface area contributed by atoms with E-state index < -0.39 is 12.0 Å². The molecule has 1 aromatic carbocycles. The van der Waals surface area contributed by atoms with Gasteiger partial charge in [-0.15, -0.1) is 11.3 Å². The molecule has 0 bridgehead atoms. The van der Waals surface area contributed by atoms with Gasteiger partial charge in [-0.05, 0) is 31.0 Å². The molecule has 1 unspecified atom stereocenters. The predicted molar refractivity (Wildman–Crippen MR) is 108 cm³/mol. The van der Waals surface area contributed by atoms with Crippen molar-refractivity contribution >= 4 is 28.2 Å². The lowest BCUT2D eigenvalue weighted by Crippen LogP contribution is -2.41. The summed E-state index contributed by atoms with van der Waals surface area (Å²) in [6.45, 7) is 0.485. The van der Waals surface area contributed by atoms with E-state index in [1.54, 1.807) is 14.2 Å². The van der Waals surface area contributed by atoms with E-state index in [0.29, 0.717) is 36.6 Å². The molecule has 0 radical (unpaired) electrons. The van der Waals surface area contributed by atoms with Gasteiger partial charge in [-0.1, -0.05) is 0 Å². The summed E-state index contributed by atoms with van der Waals surface area (Å²) in [5, 5.41) is 11.2. The maximum Gasteiger partial charge on any atom is 0.326 e. The normalized spacial score (nSPS) is 16.3. The number of methoxy groups -OCH3 is 2. The number of carbonyl (C=O) groups is 2. The SMILES string of the molecule is COc1ccc(OC)c(-c2cn3c(CC(=O)N4CCCC4C(=O)O)csc3n2)c1. The topological polar surface area (TPSA) is 93.4 Å². The number of fused-ring (bicyclic) bond motifs is 1. The first-order valence-corrected chi connectivity index (χ1v) is 10.1. The smallest absolute Gasteiger partial charge is 0.326 e. The Morgan fingerprint density at radius 2 is 2.14 bits per heavy atom. The summed E-state index contributed by atoms with van der Waals surface area (Å²) in [6.07, 6.45) is 3.22. The highest BCUT2D eigenvalue weighted by Crippen LogP contribution is 2.34. The minimum atomic E-state index is -0.943. The van der Waals surface area contributed by atoms with E-state index in [9.17, 15) is 14.7 Å². The number of likely N-dealkylation sites (tertiary alicyclic amines) is 1. The van der Waals surface area contributed by atoms with E-state index in [-0.39, 0.29) is 12.3 Å². The molecule has 152 valence electrons. The van der Waals surface area contributed by atoms with Gasteiger partial charge in [-0.2, -0.15) is 0 Å². The number of nitrogens with zero attached hydrogens (tertiary/aromatic N) is 3. The molecule has 1 N–H and O–H groups in total. The third kappa shape index (κ3) is 3.53. The van der Waals surface area contributed by atoms with Crippen molar-refractivity contribution < 1.29 is 24.2 Å². The molecule has 0 aliphatic carbocycles. The molecule has 1 aliphatic heterocycles. The fourth-order valence-electron chi connectivity index (χ4n) is 3.68. The lowest BCUT2D eigenvalue weighted by molar-refractivity contribution is -0.148. The molecule has 4 rings (SSSR count). The second kappa shape index (κ2) is 7.75. The van der Waals surface area contributed by atoms with Crippen LogP contribution in [-0.4, -0.2) is 58.1 Å². The van der Waals surface area contributed by atoms with Crippen LogP contribution in [0.25, 0.3) is 16.2 Å². The highest BCUT2D eigenvalue weighted by molar-refractivity contribution is 7.15. The van der Waals surface area contributed by atoms with Crippen LogP contribution in [0.4, 0.5) is 0 Å². The molecule has 9 heteroatoms. The Hall–Kier alpha value is -3.07. The number of aromatic nitrogens is 2. The summed E-state index contributed by atoms with van der Waals surface area (Å²) in [6, 6.07) is 4.78. The van der Waals surface area contributed by atoms with Crippen molar-refractivity contribution in [2.24, 2.45) is 0 Å². The molecule has 2 aromatic heterocycles. The molecule has 1 atom stereocenters. The third-order valence-electron chi connectivity index (χ3n) is 5.16. The zero-order valence-electron chi connectivity index (χ0n) is 16.1. The van der Waals surface area contributed by atoms with Gasteiger partial charge in [-0.3, -0.25) is 9.20 Å². The van der Waals surface area contributed by atoms with Crippen LogP contribution in [0.15, 0.2) is 29.8 Å². The Morgan fingerprint density at radius 1 is 1.31 bits per heavy atom. The van der Waals surface area contributed by atoms with E-state index in [0.717, 1.165) is 16.2 Å². The summed E-state index contributed by atoms with van der Waals surface area (Å²) >= 11 is 1.44. The van der Waals surface area contributed by atoms with E-state index in [1.807, 2.05) is 34.2 Å². The summed E-state index contributed by atoms with van der Waals surface area (Å²) in [5.74, 6) is 0.252. The van der Waals surface area contributed by atoms with Crippen molar-refractivity contribution in [1.29, 1.82) is 0 Å². The molecule has 3 aromatic rings. The van der Waals surface area contributed by atoms with Crippen molar-refractivity contribution in [3.05, 3.63) is 35.5 Å². The van der Waals surface area contributed by atoms with Crippen LogP contribution in [0.1, 0.15) is 18.5 Å². The van der Waals surface area contributed by atoms with Crippen LogP contribution < -0.4 is 9.47 Å². The maximum atomic E-state index is 12.7. The first-order valence-electron chi connectivity index (χ1n) is 9.22. The maximum absolute atomic E-state index is 12.7. The first kappa shape index (κ1) is 19.3. The summed E-state index contributed by atoms with van der Waals surface area (Å²) in [4.78, 5) is 31.0. The van der Waals surface area contributed by atoms with Gasteiger partial charge in [-0.25, -0.2) is 9.78 Å². The van der Waals surface area contributed by atoms with E-state index >= 15 is 0 Å². The van der Waals surface area contributed by atoms with Crippen molar-refractivity contribution in [1.82, 2.24) is 14.3 Å². The minimum absolute atomic E-state index is 0.134. The number of aliphatic carboxylic acids is 1. The summed E-state index contributed by atoms with van der Waals surface area (Å²) < 4.78 is 12.6. The number of hydrogen-bond donors (Lipinski definition) is 1. The van der Waals surface area contributed by atoms with Gasteiger partial charge < -0.3 is 19.5 Å². The number of rotatable bonds is 6. The van der Waals surface area contributed by atoms with Crippen LogP contribution in [0.3, 0.4) is 0 Å². The standard InChI is InChI=1S/C20H21N3O5S/c1-27-13-5-6-17(28-2)14(9-13)15-10-23-12(11-29-20(23)21-15)8-18(24)22-7-3-4-16(22)19(25)26/h5-6,9-11,16H,3-4,7-8H2,1-2H3,(H,25,26). The first-order chi connectivity index (χ1) is 14.0. The molecule has 0 spiro atoms. The number of carboxylic acid groups (broad SMARTS) is 1. The molecule has 1 aliphatic rings. The Balaban J connectivity index is 1.63. The molecule has 1 fully saturated rings. The van der Waals surface area contributed by atoms with Crippen molar-refractivity contribution in [2.45, 2.75) is 25.3 Å². The zero-order chi connectivity index (χ0) is 20.5. The predicted octanol–water partition coefficient (Wildman–Crippen LogP) is 2.70. The van der Waals surface area contributed by atoms with Crippen LogP contribution in [0, 0.1) is 0 Å². The lowest BCUT2D eigenvalue weighted by atomic mass is 10.1. The highest BCUT2D eigenvalue weighted by Gasteiger charge is 2.34. The molecule has 1 saturated heterocycles. The number of carboxylic acids is 1. The van der Waals surface area contributed by atoms with Gasteiger partial charge in [0, 0.05) is 29.4 Å². The number of imidazole rings is 1. The van der Waals surface area contributed by atoms with Crippen molar-refractivity contribution in [3.63, 3.8) is 0 Å². The molecule has 3 heterocycles. The van der Waals surface area contributed by atoms with Gasteiger partial charge in [0.2, 0.25) is 5.91 Å². The van der Waals surface area contributed by atoms with Crippen LogP contribution >= 0.6 is 11.3 Å². The van der Waals surface area contributed by atoms with Crippen molar-refractivity contribution in [3.8, 4) is 22.8 Å². The number of thiazole rings is 1. The van der Waals surface area contributed by atoms with Crippen molar-refractivity contribution in [2.75, 3.05) is 20.8 Å². The fraction of sp³-hybridized carbons (Fsp3) is 0.350. The Bertz CT molecular complexity index is 1070. The van der Waals surface area contributed by atoms with E-state index in [4.69, 9.17) is 9.47 Å². The fourth-order valence-corrected chi connectivity index (χ4v) is 4.55. The van der Waals surface area contributed by atoms with Crippen LogP contribution in [0.5, 0.6) is 11.5 Å². The quantitative estimate of drug-likeness (QED) is 0.665. The Kier molecular flexibility index (Phi) is 5.14. The molecular formula is C20H21N3O5S. The van der Waals surface area contributed by atoms with Gasteiger partial charge in [0.05, 0.1) is 26.3 Å². The van der Waals surface area contributed by atoms with E-state index in [1.165, 1.54) is 16.2 Å². The Labute approximate surface area is 171 Å². The van der Waals surface area contributed by atoms with Gasteiger partial charge in [0.1, 0.15) is 17.5 Å².